The van der Waals surface area contributed by atoms with Crippen LogP contribution in [0.5, 0.6) is 0 Å². The van der Waals surface area contributed by atoms with E-state index >= 15 is 0 Å². The summed E-state index contributed by atoms with van der Waals surface area (Å²) in [5.41, 5.74) is 0.910. The van der Waals surface area contributed by atoms with Crippen molar-refractivity contribution in [2.45, 2.75) is 6.54 Å². The number of fused-ring (bicyclic) bond motifs is 1. The van der Waals surface area contributed by atoms with Crippen molar-refractivity contribution in [1.82, 2.24) is 20.2 Å². The van der Waals surface area contributed by atoms with Crippen LogP contribution in [-0.4, -0.2) is 33.3 Å². The Labute approximate surface area is 112 Å². The number of tetrazole rings is 1. The van der Waals surface area contributed by atoms with Crippen molar-refractivity contribution in [1.29, 1.82) is 0 Å². The van der Waals surface area contributed by atoms with Gasteiger partial charge in [-0.3, -0.25) is 4.79 Å². The highest BCUT2D eigenvalue weighted by Gasteiger charge is 2.14. The number of carbonyl (C=O) groups is 1. The third-order valence-corrected chi connectivity index (χ3v) is 3.66. The van der Waals surface area contributed by atoms with Crippen LogP contribution < -0.4 is 0 Å². The molecule has 0 saturated carbocycles. The van der Waals surface area contributed by atoms with E-state index in [0.717, 1.165) is 15.6 Å². The van der Waals surface area contributed by atoms with Crippen molar-refractivity contribution in [2.24, 2.45) is 0 Å². The molecule has 3 aromatic rings. The topological polar surface area (TPSA) is 69.9 Å². The Morgan fingerprint density at radius 3 is 3.16 bits per heavy atom. The first-order valence-electron chi connectivity index (χ1n) is 5.59. The molecule has 1 aromatic carbocycles. The van der Waals surface area contributed by atoms with E-state index in [1.165, 1.54) is 11.8 Å². The SMILES string of the molecule is COC(=O)Cn1nnnc1-c1cccc2sccc12. The molecule has 0 fully saturated rings. The third kappa shape index (κ3) is 2.08. The van der Waals surface area contributed by atoms with Gasteiger partial charge in [0.15, 0.2) is 5.82 Å². The van der Waals surface area contributed by atoms with Gasteiger partial charge in [0.25, 0.3) is 0 Å². The molecule has 0 amide bonds. The molecule has 0 bridgehead atoms. The van der Waals surface area contributed by atoms with Crippen LogP contribution in [-0.2, 0) is 16.1 Å². The highest BCUT2D eigenvalue weighted by molar-refractivity contribution is 7.17. The van der Waals surface area contributed by atoms with Crippen LogP contribution in [0.15, 0.2) is 29.6 Å². The molecule has 0 radical (unpaired) electrons. The fourth-order valence-electron chi connectivity index (χ4n) is 1.88. The summed E-state index contributed by atoms with van der Waals surface area (Å²) in [6.45, 7) is -0.000637. The molecule has 0 saturated heterocycles. The van der Waals surface area contributed by atoms with Crippen molar-refractivity contribution in [3.05, 3.63) is 29.6 Å². The minimum Gasteiger partial charge on any atom is -0.468 e. The number of benzene rings is 1. The Kier molecular flexibility index (Phi) is 2.96. The number of carbonyl (C=O) groups excluding carboxylic acids is 1. The highest BCUT2D eigenvalue weighted by atomic mass is 32.1. The molecule has 0 N–H and O–H groups in total. The van der Waals surface area contributed by atoms with Gasteiger partial charge in [0.05, 0.1) is 7.11 Å². The number of hydrogen-bond donors (Lipinski definition) is 0. The van der Waals surface area contributed by atoms with E-state index in [9.17, 15) is 4.79 Å². The van der Waals surface area contributed by atoms with Crippen LogP contribution in [0.25, 0.3) is 21.5 Å². The van der Waals surface area contributed by atoms with Crippen molar-refractivity contribution in [3.8, 4) is 11.4 Å². The Morgan fingerprint density at radius 2 is 2.32 bits per heavy atom. The molecule has 0 aliphatic rings. The molecular formula is C12H10N4O2S. The van der Waals surface area contributed by atoms with E-state index in [-0.39, 0.29) is 12.5 Å². The average Bonchev–Trinajstić information content (AvgIpc) is 3.06. The maximum absolute atomic E-state index is 11.3. The number of aromatic nitrogens is 4. The Hall–Kier alpha value is -2.28. The molecule has 3 rings (SSSR count). The van der Waals surface area contributed by atoms with Crippen LogP contribution in [0, 0.1) is 0 Å². The number of rotatable bonds is 3. The number of ether oxygens (including phenoxy) is 1. The number of hydrogen-bond acceptors (Lipinski definition) is 6. The first-order valence-corrected chi connectivity index (χ1v) is 6.47. The number of methoxy groups -OCH3 is 1. The molecule has 7 heteroatoms. The molecule has 0 atom stereocenters. The van der Waals surface area contributed by atoms with Crippen LogP contribution in [0.2, 0.25) is 0 Å². The van der Waals surface area contributed by atoms with Crippen LogP contribution in [0.3, 0.4) is 0 Å². The maximum Gasteiger partial charge on any atom is 0.327 e. The zero-order valence-electron chi connectivity index (χ0n) is 10.1. The van der Waals surface area contributed by atoms with Gasteiger partial charge in [-0.25, -0.2) is 4.68 Å². The first kappa shape index (κ1) is 11.8. The summed E-state index contributed by atoms with van der Waals surface area (Å²) >= 11 is 1.65. The number of esters is 1. The average molecular weight is 274 g/mol. The predicted octanol–water partition coefficient (Wildman–Crippen LogP) is 1.73. The van der Waals surface area contributed by atoms with Gasteiger partial charge >= 0.3 is 5.97 Å². The van der Waals surface area contributed by atoms with Gasteiger partial charge < -0.3 is 4.74 Å². The summed E-state index contributed by atoms with van der Waals surface area (Å²) < 4.78 is 7.23. The Bertz CT molecular complexity index is 734. The molecule has 0 unspecified atom stereocenters. The quantitative estimate of drug-likeness (QED) is 0.680. The van der Waals surface area contributed by atoms with E-state index in [4.69, 9.17) is 0 Å². The molecule has 0 aliphatic carbocycles. The summed E-state index contributed by atoms with van der Waals surface area (Å²) in [5.74, 6) is 0.181. The fraction of sp³-hybridized carbons (Fsp3) is 0.167. The summed E-state index contributed by atoms with van der Waals surface area (Å²) in [7, 11) is 1.34. The highest BCUT2D eigenvalue weighted by Crippen LogP contribution is 2.30. The second kappa shape index (κ2) is 4.77. The van der Waals surface area contributed by atoms with Gasteiger partial charge in [-0.1, -0.05) is 12.1 Å². The van der Waals surface area contributed by atoms with Gasteiger partial charge in [0, 0.05) is 15.6 Å². The van der Waals surface area contributed by atoms with E-state index in [0.29, 0.717) is 5.82 Å². The molecular weight excluding hydrogens is 264 g/mol. The minimum absolute atomic E-state index is 0.000637. The first-order chi connectivity index (χ1) is 9.29. The Balaban J connectivity index is 2.09. The van der Waals surface area contributed by atoms with Gasteiger partial charge in [-0.2, -0.15) is 0 Å². The largest absolute Gasteiger partial charge is 0.468 e. The second-order valence-corrected chi connectivity index (χ2v) is 4.82. The summed E-state index contributed by atoms with van der Waals surface area (Å²) in [6.07, 6.45) is 0. The zero-order valence-corrected chi connectivity index (χ0v) is 10.9. The smallest absolute Gasteiger partial charge is 0.327 e. The molecule has 0 spiro atoms. The Morgan fingerprint density at radius 1 is 1.42 bits per heavy atom. The summed E-state index contributed by atoms with van der Waals surface area (Å²) in [6, 6.07) is 7.95. The maximum atomic E-state index is 11.3. The van der Waals surface area contributed by atoms with Crippen LogP contribution >= 0.6 is 11.3 Å². The van der Waals surface area contributed by atoms with E-state index in [2.05, 4.69) is 20.3 Å². The lowest BCUT2D eigenvalue weighted by Crippen LogP contribution is -2.14. The standard InChI is InChI=1S/C12H10N4O2S/c1-18-11(17)7-16-12(13-14-15-16)9-3-2-4-10-8(9)5-6-19-10/h2-6H,7H2,1H3. The lowest BCUT2D eigenvalue weighted by Gasteiger charge is -2.04. The van der Waals surface area contributed by atoms with E-state index in [1.54, 1.807) is 11.3 Å². The molecule has 0 aliphatic heterocycles. The van der Waals surface area contributed by atoms with E-state index < -0.39 is 0 Å². The third-order valence-electron chi connectivity index (χ3n) is 2.78. The van der Waals surface area contributed by atoms with Gasteiger partial charge in [-0.15, -0.1) is 16.4 Å². The zero-order chi connectivity index (χ0) is 13.2. The van der Waals surface area contributed by atoms with Gasteiger partial charge in [0.1, 0.15) is 6.54 Å². The minimum atomic E-state index is -0.383. The lowest BCUT2D eigenvalue weighted by molar-refractivity contribution is -0.141. The predicted molar refractivity (Wildman–Crippen MR) is 70.7 cm³/mol. The normalized spacial score (nSPS) is 10.8. The summed E-state index contributed by atoms with van der Waals surface area (Å²) in [4.78, 5) is 11.3. The number of nitrogens with zero attached hydrogens (tertiary/aromatic N) is 4. The van der Waals surface area contributed by atoms with Crippen LogP contribution in [0.1, 0.15) is 0 Å². The van der Waals surface area contributed by atoms with E-state index in [1.807, 2.05) is 29.6 Å². The van der Waals surface area contributed by atoms with Crippen molar-refractivity contribution >= 4 is 27.4 Å². The van der Waals surface area contributed by atoms with Gasteiger partial charge in [-0.05, 0) is 27.9 Å². The second-order valence-electron chi connectivity index (χ2n) is 3.87. The fourth-order valence-corrected chi connectivity index (χ4v) is 2.69. The van der Waals surface area contributed by atoms with Crippen molar-refractivity contribution < 1.29 is 9.53 Å². The van der Waals surface area contributed by atoms with Crippen molar-refractivity contribution in [3.63, 3.8) is 0 Å². The monoisotopic (exact) mass is 274 g/mol. The van der Waals surface area contributed by atoms with Gasteiger partial charge in [0.2, 0.25) is 0 Å². The molecule has 96 valence electrons. The molecule has 19 heavy (non-hydrogen) atoms. The number of thiophene rings is 1. The molecule has 6 nitrogen and oxygen atoms in total. The van der Waals surface area contributed by atoms with Crippen molar-refractivity contribution in [2.75, 3.05) is 7.11 Å². The summed E-state index contributed by atoms with van der Waals surface area (Å²) in [5, 5.41) is 14.6. The molecule has 2 heterocycles. The van der Waals surface area contributed by atoms with Crippen LogP contribution in [0.4, 0.5) is 0 Å². The lowest BCUT2D eigenvalue weighted by atomic mass is 10.1. The molecule has 2 aromatic heterocycles.